The average molecular weight is 1030 g/mol. The van der Waals surface area contributed by atoms with Crippen LogP contribution in [0.4, 0.5) is 0 Å². The fourth-order valence-corrected chi connectivity index (χ4v) is 31.4. The van der Waals surface area contributed by atoms with Crippen LogP contribution in [0.15, 0.2) is 0 Å². The van der Waals surface area contributed by atoms with Crippen LogP contribution < -0.4 is 0 Å². The van der Waals surface area contributed by atoms with Gasteiger partial charge in [-0.15, -0.1) is 0 Å². The van der Waals surface area contributed by atoms with E-state index >= 15 is 0 Å². The van der Waals surface area contributed by atoms with E-state index in [1.54, 1.807) is 0 Å². The molecule has 12 heteroatoms. The fourth-order valence-electron chi connectivity index (χ4n) is 18.9. The lowest BCUT2D eigenvalue weighted by Gasteiger charge is -2.59. The van der Waals surface area contributed by atoms with Gasteiger partial charge in [-0.2, -0.15) is 0 Å². The van der Waals surface area contributed by atoms with Gasteiger partial charge in [0, 0.05) is 0 Å². The highest BCUT2D eigenvalue weighted by atomic mass is 31.2. The van der Waals surface area contributed by atoms with Gasteiger partial charge in [0.1, 0.15) is 0 Å². The molecule has 0 aromatic heterocycles. The number of rotatable bonds is 10. The van der Waals surface area contributed by atoms with Crippen LogP contribution in [-0.4, -0.2) is 69.9 Å². The first-order chi connectivity index (χ1) is 31.8. The Morgan fingerprint density at radius 1 is 0.343 bits per heavy atom. The molecule has 6 nitrogen and oxygen atoms in total. The molecule has 10 aliphatic rings. The minimum atomic E-state index is -1.55. The molecule has 20 unspecified atom stereocenters. The first-order valence-electron chi connectivity index (χ1n) is 29.3. The maximum Gasteiger partial charge on any atom is 0.333 e. The highest BCUT2D eigenvalue weighted by Crippen LogP contribution is 2.69. The van der Waals surface area contributed by atoms with Crippen molar-refractivity contribution in [2.75, 3.05) is 13.2 Å². The highest BCUT2D eigenvalue weighted by molar-refractivity contribution is 7.42. The molecule has 0 bridgehead atoms. The Morgan fingerprint density at radius 2 is 0.567 bits per heavy atom. The van der Waals surface area contributed by atoms with E-state index in [4.69, 9.17) is 27.1 Å². The molecule has 384 valence electrons. The summed E-state index contributed by atoms with van der Waals surface area (Å²) in [6.07, 6.45) is 30.4. The second-order valence-electron chi connectivity index (χ2n) is 29.7. The summed E-state index contributed by atoms with van der Waals surface area (Å²) in [6.45, 7) is 33.1. The van der Waals surface area contributed by atoms with Gasteiger partial charge in [-0.25, -0.2) is 0 Å². The van der Waals surface area contributed by atoms with E-state index < -0.39 is 49.5 Å². The van der Waals surface area contributed by atoms with Gasteiger partial charge in [0.25, 0.3) is 0 Å². The molecule has 67 heavy (non-hydrogen) atoms. The zero-order valence-corrected chi connectivity index (χ0v) is 50.9. The predicted octanol–water partition coefficient (Wildman–Crippen LogP) is 17.6. The monoisotopic (exact) mass is 1030 g/mol. The molecular weight excluding hydrogens is 931 g/mol. The summed E-state index contributed by atoms with van der Waals surface area (Å²) in [7, 11) is -9.10. The van der Waals surface area contributed by atoms with Crippen LogP contribution in [0.2, 0.25) is 101 Å². The lowest BCUT2D eigenvalue weighted by atomic mass is 9.53. The molecule has 8 aliphatic carbocycles. The zero-order chi connectivity index (χ0) is 47.2. The van der Waals surface area contributed by atoms with E-state index in [0.29, 0.717) is 83.5 Å². The number of fused-ring (bicyclic) bond motifs is 14. The van der Waals surface area contributed by atoms with Gasteiger partial charge in [0.05, 0.1) is 69.9 Å². The molecule has 22 atom stereocenters. The Balaban J connectivity index is 0.900. The molecule has 0 spiro atoms. The fraction of sp³-hybridized carbons (Fsp3) is 1.00. The molecule has 2 aliphatic heterocycles. The van der Waals surface area contributed by atoms with Crippen LogP contribution in [0.3, 0.4) is 0 Å². The van der Waals surface area contributed by atoms with Crippen molar-refractivity contribution in [1.29, 1.82) is 0 Å². The molecule has 8 saturated carbocycles. The summed E-state index contributed by atoms with van der Waals surface area (Å²) in [5, 5.41) is 0. The van der Waals surface area contributed by atoms with E-state index in [1.165, 1.54) is 128 Å². The molecule has 10 fully saturated rings. The minimum absolute atomic E-state index is 0.292. The smallest absolute Gasteiger partial charge is 0.312 e. The van der Waals surface area contributed by atoms with Crippen LogP contribution in [0, 0.1) is 71.0 Å². The first-order valence-corrected chi connectivity index (χ1v) is 45.8. The summed E-state index contributed by atoms with van der Waals surface area (Å²) in [4.78, 5) is 0. The summed E-state index contributed by atoms with van der Waals surface area (Å²) >= 11 is 0. The largest absolute Gasteiger partial charge is 0.333 e. The molecule has 0 amide bonds. The van der Waals surface area contributed by atoms with Gasteiger partial charge in [-0.1, -0.05) is 156 Å². The topological polar surface area (TPSA) is 55.4 Å². The van der Waals surface area contributed by atoms with Gasteiger partial charge >= 0.3 is 17.2 Å². The van der Waals surface area contributed by atoms with Gasteiger partial charge in [-0.3, -0.25) is 0 Å². The highest BCUT2D eigenvalue weighted by Gasteiger charge is 2.64. The number of hydrogen-bond acceptors (Lipinski definition) is 6. The minimum Gasteiger partial charge on any atom is -0.312 e. The molecule has 2 saturated heterocycles. The van der Waals surface area contributed by atoms with Gasteiger partial charge in [0.15, 0.2) is 0 Å². The van der Waals surface area contributed by atoms with Crippen molar-refractivity contribution < 1.29 is 27.1 Å². The van der Waals surface area contributed by atoms with Crippen molar-refractivity contribution in [1.82, 2.24) is 0 Å². The van der Waals surface area contributed by atoms with Crippen molar-refractivity contribution >= 4 is 49.5 Å². The van der Waals surface area contributed by atoms with Crippen LogP contribution >= 0.6 is 17.2 Å². The first kappa shape index (κ1) is 52.0. The third-order valence-corrected chi connectivity index (χ3v) is 35.6. The lowest BCUT2D eigenvalue weighted by Crippen LogP contribution is -2.58. The van der Waals surface area contributed by atoms with Crippen molar-refractivity contribution in [3.63, 3.8) is 0 Å². The quantitative estimate of drug-likeness (QED) is 0.123. The maximum absolute atomic E-state index is 7.63. The molecule has 10 rings (SSSR count). The average Bonchev–Trinajstić information content (AvgIpc) is 3.55. The van der Waals surface area contributed by atoms with Crippen molar-refractivity contribution in [2.24, 2.45) is 71.0 Å². The zero-order valence-electron chi connectivity index (χ0n) is 45.2. The van der Waals surface area contributed by atoms with Crippen LogP contribution in [-0.2, 0) is 27.1 Å². The predicted molar refractivity (Wildman–Crippen MR) is 292 cm³/mol. The van der Waals surface area contributed by atoms with Crippen molar-refractivity contribution in [2.45, 2.75) is 260 Å². The Morgan fingerprint density at radius 3 is 0.791 bits per heavy atom. The normalized spacial score (nSPS) is 48.4. The van der Waals surface area contributed by atoms with E-state index in [-0.39, 0.29) is 0 Å². The summed E-state index contributed by atoms with van der Waals surface area (Å²) in [5.74, 6) is 9.28. The SMILES string of the molecule is C[Si](C)(C)C1CC2CCCCC2C2C1OP(OCCCOP1OC3C(C4CCCCC4CC3[Si](C)(C)C)C3C4CCCCC4C[C@@H]([Si](C)(C)C)C3O1)OC1C2C2CCCCC2C[C@H]1[Si](C)(C)C. The molecule has 0 N–H and O–H groups in total. The number of hydrogen-bond donors (Lipinski definition) is 0. The Labute approximate surface area is 418 Å². The van der Waals surface area contributed by atoms with Gasteiger partial charge in [0.2, 0.25) is 0 Å². The molecule has 0 aromatic rings. The van der Waals surface area contributed by atoms with Crippen LogP contribution in [0.1, 0.15) is 135 Å². The standard InChI is InChI=1S/C55H102O6P2Si4/c1-64(2,3)44-32-36-22-13-17-26-40(36)48-49-41-27-18-14-23-37(41)33-45(65(4,5)6)53(49)59-62(58-52(44)48)56-30-21-31-57-63-60-54-46(66(7,8)9)34-38-24-15-19-28-42(38)50(54)51-43-29-20-16-25-39(43)35-47(55(51)61-63)67(10,11)12/h36-55H,13-35H2,1-12H3/t36?,37?,38?,39?,40?,41?,42?,43?,44-,45?,46-,47?,48?,49?,50?,51?,52?,53?,54?,55?,62?,63?/m1/s1. The second kappa shape index (κ2) is 20.6. The van der Waals surface area contributed by atoms with Crippen LogP contribution in [0.25, 0.3) is 0 Å². The summed E-state index contributed by atoms with van der Waals surface area (Å²) < 4.78 is 44.7. The lowest BCUT2D eigenvalue weighted by molar-refractivity contribution is -0.0866. The Bertz CT molecular complexity index is 1440. The van der Waals surface area contributed by atoms with E-state index in [2.05, 4.69) is 78.6 Å². The van der Waals surface area contributed by atoms with Gasteiger partial charge < -0.3 is 27.1 Å². The Kier molecular flexibility index (Phi) is 15.9. The van der Waals surface area contributed by atoms with E-state index in [0.717, 1.165) is 53.8 Å². The van der Waals surface area contributed by atoms with E-state index in [9.17, 15) is 0 Å². The molecule has 0 radical (unpaired) electrons. The van der Waals surface area contributed by atoms with Crippen molar-refractivity contribution in [3.8, 4) is 0 Å². The van der Waals surface area contributed by atoms with Crippen LogP contribution in [0.5, 0.6) is 0 Å². The summed E-state index contributed by atoms with van der Waals surface area (Å²) in [5.41, 5.74) is 2.71. The second-order valence-corrected chi connectivity index (χ2v) is 53.9. The van der Waals surface area contributed by atoms with Crippen molar-refractivity contribution in [3.05, 3.63) is 0 Å². The molecule has 0 aromatic carbocycles. The molecule has 2 heterocycles. The van der Waals surface area contributed by atoms with E-state index in [1.807, 2.05) is 0 Å². The third kappa shape index (κ3) is 10.6. The Hall–Kier alpha value is 1.49. The molecular formula is C55H102O6P2Si4. The van der Waals surface area contributed by atoms with Gasteiger partial charge in [-0.05, 0) is 151 Å². The third-order valence-electron chi connectivity index (χ3n) is 22.0. The maximum atomic E-state index is 7.63. The summed E-state index contributed by atoms with van der Waals surface area (Å²) in [6, 6.07) is 0.